The van der Waals surface area contributed by atoms with Gasteiger partial charge in [-0.15, -0.1) is 11.3 Å². The summed E-state index contributed by atoms with van der Waals surface area (Å²) in [5.74, 6) is -0.362. The van der Waals surface area contributed by atoms with Crippen molar-refractivity contribution in [2.45, 2.75) is 30.5 Å². The van der Waals surface area contributed by atoms with E-state index in [2.05, 4.69) is 26.0 Å². The van der Waals surface area contributed by atoms with Crippen molar-refractivity contribution >= 4 is 43.2 Å². The highest BCUT2D eigenvalue weighted by atomic mass is 79.9. The molecular weight excluding hydrogens is 340 g/mol. The first-order chi connectivity index (χ1) is 8.12. The third-order valence-electron chi connectivity index (χ3n) is 1.77. The van der Waals surface area contributed by atoms with Gasteiger partial charge in [0.1, 0.15) is 4.21 Å². The van der Waals surface area contributed by atoms with Gasteiger partial charge in [-0.2, -0.15) is 0 Å². The summed E-state index contributed by atoms with van der Waals surface area (Å²) in [6.45, 7) is 5.21. The Hall–Kier alpha value is -0.440. The van der Waals surface area contributed by atoms with Gasteiger partial charge in [-0.05, 0) is 48.1 Å². The number of rotatable bonds is 4. The van der Waals surface area contributed by atoms with E-state index in [4.69, 9.17) is 0 Å². The van der Waals surface area contributed by atoms with Crippen LogP contribution in [-0.4, -0.2) is 26.4 Å². The second-order valence-electron chi connectivity index (χ2n) is 4.68. The van der Waals surface area contributed by atoms with Crippen molar-refractivity contribution in [3.8, 4) is 0 Å². The number of sulfonamides is 1. The van der Waals surface area contributed by atoms with Crippen molar-refractivity contribution in [2.75, 3.05) is 6.54 Å². The summed E-state index contributed by atoms with van der Waals surface area (Å²) in [7, 11) is -3.64. The summed E-state index contributed by atoms with van der Waals surface area (Å²) in [4.78, 5) is 11.5. The summed E-state index contributed by atoms with van der Waals surface area (Å²) in [6, 6.07) is 1.65. The van der Waals surface area contributed by atoms with Crippen LogP contribution < -0.4 is 10.0 Å². The molecule has 8 heteroatoms. The fourth-order valence-corrected chi connectivity index (χ4v) is 4.52. The summed E-state index contributed by atoms with van der Waals surface area (Å²) in [5.41, 5.74) is -0.383. The number of hydrogen-bond donors (Lipinski definition) is 2. The molecule has 0 radical (unpaired) electrons. The molecule has 1 rings (SSSR count). The van der Waals surface area contributed by atoms with Gasteiger partial charge in [0.15, 0.2) is 0 Å². The Morgan fingerprint density at radius 1 is 1.44 bits per heavy atom. The Morgan fingerprint density at radius 3 is 2.50 bits per heavy atom. The van der Waals surface area contributed by atoms with Gasteiger partial charge in [0.2, 0.25) is 5.91 Å². The van der Waals surface area contributed by atoms with Gasteiger partial charge in [0.25, 0.3) is 10.0 Å². The molecule has 0 aliphatic carbocycles. The van der Waals surface area contributed by atoms with Crippen LogP contribution in [0.4, 0.5) is 0 Å². The molecule has 0 spiro atoms. The Balaban J connectivity index is 2.64. The van der Waals surface area contributed by atoms with Gasteiger partial charge in [0, 0.05) is 10.0 Å². The number of carbonyl (C=O) groups is 1. The smallest absolute Gasteiger partial charge is 0.251 e. The van der Waals surface area contributed by atoms with Crippen LogP contribution in [-0.2, 0) is 14.8 Å². The number of amides is 1. The maximum absolute atomic E-state index is 11.9. The molecule has 102 valence electrons. The zero-order valence-corrected chi connectivity index (χ0v) is 13.5. The molecule has 0 bridgehead atoms. The molecule has 0 fully saturated rings. The fourth-order valence-electron chi connectivity index (χ4n) is 1.16. The summed E-state index contributed by atoms with van der Waals surface area (Å²) < 4.78 is 26.7. The van der Waals surface area contributed by atoms with Crippen molar-refractivity contribution in [1.29, 1.82) is 0 Å². The molecule has 0 saturated carbocycles. The molecule has 1 amide bonds. The highest BCUT2D eigenvalue weighted by Gasteiger charge is 2.21. The van der Waals surface area contributed by atoms with Crippen molar-refractivity contribution < 1.29 is 13.2 Å². The predicted octanol–water partition coefficient (Wildman–Crippen LogP) is 1.70. The molecule has 0 aromatic carbocycles. The van der Waals surface area contributed by atoms with Gasteiger partial charge in [0.05, 0.1) is 6.54 Å². The minimum Gasteiger partial charge on any atom is -0.350 e. The molecule has 1 aromatic heterocycles. The van der Waals surface area contributed by atoms with Gasteiger partial charge in [-0.1, -0.05) is 0 Å². The Kier molecular flexibility index (Phi) is 4.93. The third-order valence-corrected chi connectivity index (χ3v) is 5.84. The number of thiophene rings is 1. The maximum Gasteiger partial charge on any atom is 0.251 e. The predicted molar refractivity (Wildman–Crippen MR) is 75.1 cm³/mol. The lowest BCUT2D eigenvalue weighted by molar-refractivity contribution is -0.121. The Bertz CT molecular complexity index is 532. The molecule has 0 unspecified atom stereocenters. The zero-order valence-electron chi connectivity index (χ0n) is 10.3. The molecule has 0 aliphatic rings. The first-order valence-corrected chi connectivity index (χ1v) is 8.31. The van der Waals surface area contributed by atoms with Crippen LogP contribution in [0.15, 0.2) is 20.1 Å². The largest absolute Gasteiger partial charge is 0.350 e. The Morgan fingerprint density at radius 2 is 2.06 bits per heavy atom. The number of hydrogen-bond acceptors (Lipinski definition) is 4. The normalized spacial score (nSPS) is 12.4. The van der Waals surface area contributed by atoms with Crippen molar-refractivity contribution in [1.82, 2.24) is 10.0 Å². The standard InChI is InChI=1S/C10H15BrN2O3S2/c1-10(2,3)13-8(14)6-12-18(15,16)9-7(11)4-5-17-9/h4-5,12H,6H2,1-3H3,(H,13,14). The molecule has 2 N–H and O–H groups in total. The van der Waals surface area contributed by atoms with Crippen molar-refractivity contribution in [3.05, 3.63) is 15.9 Å². The van der Waals surface area contributed by atoms with E-state index in [1.165, 1.54) is 0 Å². The highest BCUT2D eigenvalue weighted by Crippen LogP contribution is 2.27. The minimum atomic E-state index is -3.64. The van der Waals surface area contributed by atoms with Crippen molar-refractivity contribution in [2.24, 2.45) is 0 Å². The fraction of sp³-hybridized carbons (Fsp3) is 0.500. The third kappa shape index (κ3) is 4.68. The molecule has 0 atom stereocenters. The zero-order chi connectivity index (χ0) is 14.0. The van der Waals surface area contributed by atoms with Gasteiger partial charge in [-0.25, -0.2) is 13.1 Å². The molecule has 5 nitrogen and oxygen atoms in total. The molecule has 18 heavy (non-hydrogen) atoms. The topological polar surface area (TPSA) is 75.3 Å². The quantitative estimate of drug-likeness (QED) is 0.863. The van der Waals surface area contributed by atoms with Crippen LogP contribution >= 0.6 is 27.3 Å². The van der Waals surface area contributed by atoms with Crippen LogP contribution in [0.5, 0.6) is 0 Å². The van der Waals surface area contributed by atoms with Crippen LogP contribution in [0.25, 0.3) is 0 Å². The van der Waals surface area contributed by atoms with Crippen LogP contribution in [0, 0.1) is 0 Å². The lowest BCUT2D eigenvalue weighted by atomic mass is 10.1. The van der Waals surface area contributed by atoms with Gasteiger partial charge >= 0.3 is 0 Å². The minimum absolute atomic E-state index is 0.172. The molecular formula is C10H15BrN2O3S2. The van der Waals surface area contributed by atoms with Crippen LogP contribution in [0.2, 0.25) is 0 Å². The molecule has 0 saturated heterocycles. The monoisotopic (exact) mass is 354 g/mol. The van der Waals surface area contributed by atoms with E-state index in [-0.39, 0.29) is 22.2 Å². The highest BCUT2D eigenvalue weighted by molar-refractivity contribution is 9.10. The first kappa shape index (κ1) is 15.6. The second kappa shape index (κ2) is 5.68. The lowest BCUT2D eigenvalue weighted by Crippen LogP contribution is -2.45. The average molecular weight is 355 g/mol. The molecule has 0 aliphatic heterocycles. The van der Waals surface area contributed by atoms with E-state index >= 15 is 0 Å². The summed E-state index contributed by atoms with van der Waals surface area (Å²) in [5, 5.41) is 4.34. The van der Waals surface area contributed by atoms with E-state index in [9.17, 15) is 13.2 Å². The summed E-state index contributed by atoms with van der Waals surface area (Å²) >= 11 is 4.24. The van der Waals surface area contributed by atoms with Gasteiger partial charge < -0.3 is 5.32 Å². The molecule has 1 heterocycles. The van der Waals surface area contributed by atoms with Gasteiger partial charge in [-0.3, -0.25) is 4.79 Å². The number of halogens is 1. The maximum atomic E-state index is 11.9. The van der Waals surface area contributed by atoms with E-state index in [0.29, 0.717) is 4.47 Å². The SMILES string of the molecule is CC(C)(C)NC(=O)CNS(=O)(=O)c1sccc1Br. The lowest BCUT2D eigenvalue weighted by Gasteiger charge is -2.20. The van der Waals surface area contributed by atoms with Crippen LogP contribution in [0.3, 0.4) is 0 Å². The van der Waals surface area contributed by atoms with E-state index < -0.39 is 10.0 Å². The van der Waals surface area contributed by atoms with Crippen molar-refractivity contribution in [3.63, 3.8) is 0 Å². The van der Waals surface area contributed by atoms with E-state index in [1.54, 1.807) is 11.4 Å². The Labute approximate surface area is 119 Å². The number of nitrogens with one attached hydrogen (secondary N) is 2. The van der Waals surface area contributed by atoms with Crippen LogP contribution in [0.1, 0.15) is 20.8 Å². The molecule has 1 aromatic rings. The average Bonchev–Trinajstić information content (AvgIpc) is 2.60. The second-order valence-corrected chi connectivity index (χ2v) is 8.41. The first-order valence-electron chi connectivity index (χ1n) is 5.15. The van der Waals surface area contributed by atoms with E-state index in [0.717, 1.165) is 11.3 Å². The van der Waals surface area contributed by atoms with E-state index in [1.807, 2.05) is 20.8 Å². The number of carbonyl (C=O) groups excluding carboxylic acids is 1. The summed E-state index contributed by atoms with van der Waals surface area (Å²) in [6.07, 6.45) is 0.